The van der Waals surface area contributed by atoms with Crippen LogP contribution in [-0.2, 0) is 9.53 Å². The number of hydrogen-bond donors (Lipinski definition) is 1. The fraction of sp³-hybridized carbons (Fsp3) is 0.600. The lowest BCUT2D eigenvalue weighted by atomic mass is 9.86. The molecule has 0 spiro atoms. The average Bonchev–Trinajstić information content (AvgIpc) is 2.69. The topological polar surface area (TPSA) is 75.9 Å². The van der Waals surface area contributed by atoms with Gasteiger partial charge in [-0.25, -0.2) is 0 Å². The van der Waals surface area contributed by atoms with Crippen LogP contribution >= 0.6 is 0 Å². The second-order valence-electron chi connectivity index (χ2n) is 7.70. The highest BCUT2D eigenvalue weighted by Gasteiger charge is 2.47. The summed E-state index contributed by atoms with van der Waals surface area (Å²) in [4.78, 5) is 27.6. The van der Waals surface area contributed by atoms with Gasteiger partial charge in [0.05, 0.1) is 11.3 Å². The third-order valence-electron chi connectivity index (χ3n) is 5.75. The van der Waals surface area contributed by atoms with E-state index in [0.717, 1.165) is 30.8 Å². The number of ether oxygens (including phenoxy) is 1. The first-order valence-electron chi connectivity index (χ1n) is 9.79. The van der Waals surface area contributed by atoms with Crippen molar-refractivity contribution in [1.82, 2.24) is 4.90 Å². The van der Waals surface area contributed by atoms with Crippen LogP contribution in [0.2, 0.25) is 0 Å². The molecule has 0 aromatic heterocycles. The van der Waals surface area contributed by atoms with Crippen LogP contribution in [0.5, 0.6) is 0 Å². The summed E-state index contributed by atoms with van der Waals surface area (Å²) in [5.41, 5.74) is 6.07. The van der Waals surface area contributed by atoms with Gasteiger partial charge in [-0.2, -0.15) is 13.2 Å². The lowest BCUT2D eigenvalue weighted by molar-refractivity contribution is -0.171. The minimum Gasteiger partial charge on any atom is -0.381 e. The third kappa shape index (κ3) is 4.72. The van der Waals surface area contributed by atoms with E-state index in [1.807, 2.05) is 7.05 Å². The van der Waals surface area contributed by atoms with Crippen LogP contribution in [-0.4, -0.2) is 62.3 Å². The van der Waals surface area contributed by atoms with E-state index in [0.29, 0.717) is 5.56 Å². The predicted octanol–water partition coefficient (Wildman–Crippen LogP) is 2.67. The van der Waals surface area contributed by atoms with Gasteiger partial charge in [0.25, 0.3) is 5.91 Å². The Labute approximate surface area is 167 Å². The maximum atomic E-state index is 13.6. The molecule has 3 rings (SSSR count). The Hall–Kier alpha value is -2.13. The molecule has 1 aromatic carbocycles. The summed E-state index contributed by atoms with van der Waals surface area (Å²) in [6.45, 7) is 2.09. The molecule has 2 saturated heterocycles. The van der Waals surface area contributed by atoms with Gasteiger partial charge in [-0.3, -0.25) is 9.59 Å². The highest BCUT2D eigenvalue weighted by molar-refractivity contribution is 6.07. The Morgan fingerprint density at radius 1 is 1.14 bits per heavy atom. The second kappa shape index (κ2) is 8.71. The van der Waals surface area contributed by atoms with Crippen molar-refractivity contribution in [3.05, 3.63) is 29.3 Å². The number of para-hydroxylation sites is 1. The van der Waals surface area contributed by atoms with Gasteiger partial charge >= 0.3 is 12.1 Å². The quantitative estimate of drug-likeness (QED) is 0.824. The molecule has 0 aliphatic carbocycles. The van der Waals surface area contributed by atoms with Gasteiger partial charge in [0.1, 0.15) is 0 Å². The van der Waals surface area contributed by atoms with Crippen molar-refractivity contribution in [3.63, 3.8) is 0 Å². The van der Waals surface area contributed by atoms with E-state index in [1.54, 1.807) is 12.1 Å². The molecule has 0 bridgehead atoms. The lowest BCUT2D eigenvalue weighted by Crippen LogP contribution is -2.50. The van der Waals surface area contributed by atoms with Crippen LogP contribution in [0.1, 0.15) is 47.5 Å². The molecule has 0 saturated carbocycles. The van der Waals surface area contributed by atoms with Crippen LogP contribution < -0.4 is 10.6 Å². The molecule has 2 amide bonds. The standard InChI is InChI=1S/C20H26F3N3O3/c1-25-9-5-13(6-10-25)15-3-2-4-16(18(24)27)17(15)26(19(28)20(21,22)23)14-7-11-29-12-8-14/h2-4,13-14H,5-12H2,1H3,(H2,24,27). The number of rotatable bonds is 4. The van der Waals surface area contributed by atoms with Crippen molar-refractivity contribution in [2.45, 2.75) is 43.8 Å². The Kier molecular flexibility index (Phi) is 6.48. The molecule has 6 nitrogen and oxygen atoms in total. The first kappa shape index (κ1) is 21.6. The summed E-state index contributed by atoms with van der Waals surface area (Å²) in [5, 5.41) is 0. The molecular weight excluding hydrogens is 387 g/mol. The van der Waals surface area contributed by atoms with Crippen molar-refractivity contribution >= 4 is 17.5 Å². The molecule has 2 heterocycles. The van der Waals surface area contributed by atoms with Crippen molar-refractivity contribution < 1.29 is 27.5 Å². The first-order chi connectivity index (χ1) is 13.7. The van der Waals surface area contributed by atoms with Gasteiger partial charge < -0.3 is 20.3 Å². The Balaban J connectivity index is 2.14. The van der Waals surface area contributed by atoms with Gasteiger partial charge in [-0.15, -0.1) is 0 Å². The molecule has 160 valence electrons. The molecule has 0 atom stereocenters. The number of halogens is 3. The molecule has 9 heteroatoms. The number of hydrogen-bond acceptors (Lipinski definition) is 4. The molecule has 2 aliphatic rings. The fourth-order valence-corrected chi connectivity index (χ4v) is 4.21. The molecule has 0 radical (unpaired) electrons. The number of alkyl halides is 3. The Bertz CT molecular complexity index is 755. The molecule has 2 fully saturated rings. The summed E-state index contributed by atoms with van der Waals surface area (Å²) in [6.07, 6.45) is -3.07. The highest BCUT2D eigenvalue weighted by atomic mass is 19.4. The zero-order chi connectivity index (χ0) is 21.2. The van der Waals surface area contributed by atoms with Crippen LogP contribution in [0.25, 0.3) is 0 Å². The largest absolute Gasteiger partial charge is 0.471 e. The molecule has 1 aromatic rings. The summed E-state index contributed by atoms with van der Waals surface area (Å²) in [7, 11) is 1.98. The number of amides is 2. The zero-order valence-corrected chi connectivity index (χ0v) is 16.4. The number of carbonyl (C=O) groups excluding carboxylic acids is 2. The van der Waals surface area contributed by atoms with E-state index in [-0.39, 0.29) is 43.2 Å². The maximum Gasteiger partial charge on any atom is 0.471 e. The average molecular weight is 413 g/mol. The number of piperidine rings is 1. The SMILES string of the molecule is CN1CCC(c2cccc(C(N)=O)c2N(C(=O)C(F)(F)F)C2CCOCC2)CC1. The molecule has 0 unspecified atom stereocenters. The number of primary amides is 1. The van der Waals surface area contributed by atoms with Gasteiger partial charge in [0, 0.05) is 19.3 Å². The van der Waals surface area contributed by atoms with Gasteiger partial charge in [0.2, 0.25) is 0 Å². The summed E-state index contributed by atoms with van der Waals surface area (Å²) >= 11 is 0. The molecule has 2 aliphatic heterocycles. The minimum absolute atomic E-state index is 0.0174. The molecule has 2 N–H and O–H groups in total. The number of nitrogens with zero attached hydrogens (tertiary/aromatic N) is 2. The number of anilines is 1. The number of nitrogens with two attached hydrogens (primary N) is 1. The zero-order valence-electron chi connectivity index (χ0n) is 16.4. The van der Waals surface area contributed by atoms with E-state index in [2.05, 4.69) is 4.90 Å². The molecular formula is C20H26F3N3O3. The van der Waals surface area contributed by atoms with Crippen LogP contribution in [0, 0.1) is 0 Å². The summed E-state index contributed by atoms with van der Waals surface area (Å²) in [5.74, 6) is -2.86. The highest BCUT2D eigenvalue weighted by Crippen LogP contribution is 2.40. The van der Waals surface area contributed by atoms with Crippen LogP contribution in [0.4, 0.5) is 18.9 Å². The lowest BCUT2D eigenvalue weighted by Gasteiger charge is -2.38. The third-order valence-corrected chi connectivity index (χ3v) is 5.75. The van der Waals surface area contributed by atoms with Gasteiger partial charge in [0.15, 0.2) is 0 Å². The number of benzene rings is 1. The van der Waals surface area contributed by atoms with Crippen LogP contribution in [0.15, 0.2) is 18.2 Å². The van der Waals surface area contributed by atoms with E-state index < -0.39 is 24.0 Å². The van der Waals surface area contributed by atoms with Crippen LogP contribution in [0.3, 0.4) is 0 Å². The Morgan fingerprint density at radius 3 is 2.31 bits per heavy atom. The van der Waals surface area contributed by atoms with Gasteiger partial charge in [-0.05, 0) is 63.4 Å². The maximum absolute atomic E-state index is 13.6. The normalized spacial score (nSPS) is 19.9. The van der Waals surface area contributed by atoms with Crippen molar-refractivity contribution in [2.24, 2.45) is 5.73 Å². The fourth-order valence-electron chi connectivity index (χ4n) is 4.21. The second-order valence-corrected chi connectivity index (χ2v) is 7.70. The predicted molar refractivity (Wildman–Crippen MR) is 102 cm³/mol. The van der Waals surface area contributed by atoms with Crippen molar-refractivity contribution in [1.29, 1.82) is 0 Å². The van der Waals surface area contributed by atoms with E-state index in [9.17, 15) is 22.8 Å². The van der Waals surface area contributed by atoms with Gasteiger partial charge in [-0.1, -0.05) is 12.1 Å². The van der Waals surface area contributed by atoms with E-state index in [1.165, 1.54) is 6.07 Å². The first-order valence-corrected chi connectivity index (χ1v) is 9.79. The monoisotopic (exact) mass is 413 g/mol. The number of likely N-dealkylation sites (tertiary alicyclic amines) is 1. The number of carbonyl (C=O) groups is 2. The summed E-state index contributed by atoms with van der Waals surface area (Å²) in [6, 6.07) is 4.03. The van der Waals surface area contributed by atoms with Crippen molar-refractivity contribution in [2.75, 3.05) is 38.3 Å². The minimum atomic E-state index is -5.06. The van der Waals surface area contributed by atoms with E-state index >= 15 is 0 Å². The molecule has 29 heavy (non-hydrogen) atoms. The smallest absolute Gasteiger partial charge is 0.381 e. The van der Waals surface area contributed by atoms with E-state index in [4.69, 9.17) is 10.5 Å². The Morgan fingerprint density at radius 2 is 1.76 bits per heavy atom. The van der Waals surface area contributed by atoms with Crippen molar-refractivity contribution in [3.8, 4) is 0 Å². The summed E-state index contributed by atoms with van der Waals surface area (Å²) < 4.78 is 45.9.